The number of aliphatic carboxylic acids is 2. The van der Waals surface area contributed by atoms with Crippen LogP contribution in [0.2, 0.25) is 0 Å². The van der Waals surface area contributed by atoms with Crippen LogP contribution in [-0.2, 0) is 9.59 Å². The van der Waals surface area contributed by atoms with Crippen LogP contribution in [0.4, 0.5) is 18.8 Å². The molecule has 0 rings (SSSR count). The molecule has 0 aliphatic carbocycles. The second kappa shape index (κ2) is 22.8. The van der Waals surface area contributed by atoms with Crippen LogP contribution in [0.25, 0.3) is 0 Å². The summed E-state index contributed by atoms with van der Waals surface area (Å²) >= 11 is 0. The van der Waals surface area contributed by atoms with E-state index in [0.717, 1.165) is 0 Å². The molecule has 0 spiro atoms. The fourth-order valence-electron chi connectivity index (χ4n) is 0. The molecule has 0 radical (unpaired) electrons. The van der Waals surface area contributed by atoms with E-state index < -0.39 is 11.9 Å². The molecule has 0 aromatic heterocycles. The normalized spacial score (nSPS) is 4.00. The van der Waals surface area contributed by atoms with Crippen LogP contribution in [0.1, 0.15) is 0 Å². The summed E-state index contributed by atoms with van der Waals surface area (Å²) in [5, 5.41) is 14.8. The Hall–Kier alpha value is -0.743. The number of carboxylic acid groups (broad SMARTS) is 2. The molecule has 0 atom stereocenters. The summed E-state index contributed by atoms with van der Waals surface area (Å²) in [6.45, 7) is 0. The minimum absolute atomic E-state index is 0. The van der Waals surface area contributed by atoms with Crippen LogP contribution in [0.3, 0.4) is 0 Å². The van der Waals surface area contributed by atoms with Gasteiger partial charge >= 0.3 is 30.8 Å². The second-order valence-corrected chi connectivity index (χ2v) is 0.610. The van der Waals surface area contributed by atoms with Crippen molar-refractivity contribution in [2.24, 2.45) is 0 Å². The van der Waals surface area contributed by atoms with Gasteiger partial charge in [0.2, 0.25) is 0 Å². The molecule has 0 bridgehead atoms. The van der Waals surface area contributed by atoms with Crippen molar-refractivity contribution in [3.8, 4) is 0 Å². The van der Waals surface area contributed by atoms with E-state index in [1.165, 1.54) is 0 Å². The summed E-state index contributed by atoms with van der Waals surface area (Å²) in [7, 11) is 0. The van der Waals surface area contributed by atoms with Crippen molar-refractivity contribution in [2.75, 3.05) is 0 Å². The maximum atomic E-state index is 9.10. The zero-order valence-electron chi connectivity index (χ0n) is 4.34. The predicted molar refractivity (Wildman–Crippen MR) is 32.4 cm³/mol. The van der Waals surface area contributed by atoms with Crippen LogP contribution in [0.5, 0.6) is 0 Å². The van der Waals surface area contributed by atoms with Gasteiger partial charge < -0.3 is 10.2 Å². The zero-order valence-corrected chi connectivity index (χ0v) is 4.34. The van der Waals surface area contributed by atoms with E-state index in [1.54, 1.807) is 0 Å². The second-order valence-electron chi connectivity index (χ2n) is 0.610. The summed E-state index contributed by atoms with van der Waals surface area (Å²) in [5.74, 6) is -3.65. The number of carboxylic acids is 2. The van der Waals surface area contributed by atoms with Gasteiger partial charge in [0.25, 0.3) is 0 Å². The first-order valence-electron chi connectivity index (χ1n) is 1.11. The Labute approximate surface area is 70.2 Å². The van der Waals surface area contributed by atoms with Crippen molar-refractivity contribution in [3.05, 3.63) is 0 Å². The van der Waals surface area contributed by atoms with Gasteiger partial charge in [0.15, 0.2) is 0 Å². The van der Waals surface area contributed by atoms with Gasteiger partial charge in [-0.3, -0.25) is 18.8 Å². The summed E-state index contributed by atoms with van der Waals surface area (Å²) < 4.78 is 0. The standard InChI is InChI=1S/C2H2O4.4FH.Li.H/c3-1(4)2(5)6;;;;;;/h(H,3,4)(H,5,6);4*1H;;. The minimum atomic E-state index is -1.82. The van der Waals surface area contributed by atoms with E-state index in [9.17, 15) is 0 Å². The number of rotatable bonds is 0. The average molecular weight is 178 g/mol. The Kier molecular flexibility index (Phi) is 101. The van der Waals surface area contributed by atoms with E-state index >= 15 is 0 Å². The van der Waals surface area contributed by atoms with Crippen LogP contribution in [-0.4, -0.2) is 41.0 Å². The van der Waals surface area contributed by atoms with Gasteiger partial charge in [0, 0.05) is 0 Å². The van der Waals surface area contributed by atoms with Gasteiger partial charge in [-0.25, -0.2) is 9.59 Å². The van der Waals surface area contributed by atoms with Crippen LogP contribution >= 0.6 is 0 Å². The quantitative estimate of drug-likeness (QED) is 0.287. The third kappa shape index (κ3) is 46.0. The summed E-state index contributed by atoms with van der Waals surface area (Å²) in [4.78, 5) is 18.2. The van der Waals surface area contributed by atoms with E-state index in [1.807, 2.05) is 0 Å². The number of hydrogen-bond donors (Lipinski definition) is 2. The Bertz CT molecular complexity index is 86.1. The topological polar surface area (TPSA) is 74.6 Å². The van der Waals surface area contributed by atoms with Crippen molar-refractivity contribution in [2.45, 2.75) is 0 Å². The Morgan fingerprint density at radius 1 is 0.727 bits per heavy atom. The van der Waals surface area contributed by atoms with Crippen molar-refractivity contribution in [1.29, 1.82) is 0 Å². The Balaban J connectivity index is -0.0000000125. The molecule has 0 aromatic rings. The molecule has 0 aromatic carbocycles. The molecule has 0 unspecified atom stereocenters. The van der Waals surface area contributed by atoms with Crippen LogP contribution in [0, 0.1) is 0 Å². The van der Waals surface area contributed by atoms with E-state index in [4.69, 9.17) is 19.8 Å². The first-order chi connectivity index (χ1) is 2.64. The van der Waals surface area contributed by atoms with Crippen LogP contribution in [0.15, 0.2) is 0 Å². The molecular weight excluding hydrogens is 171 g/mol. The summed E-state index contributed by atoms with van der Waals surface area (Å²) in [5.41, 5.74) is 0. The fourth-order valence-corrected chi connectivity index (χ4v) is 0. The maximum absolute atomic E-state index is 9.10. The van der Waals surface area contributed by atoms with Crippen LogP contribution < -0.4 is 0 Å². The SMILES string of the molecule is F.F.F.F.O=C(O)C(=O)O.[LiH]. The molecule has 0 aliphatic heterocycles. The Morgan fingerprint density at radius 3 is 0.818 bits per heavy atom. The van der Waals surface area contributed by atoms with Crippen molar-refractivity contribution >= 4 is 30.8 Å². The predicted octanol–water partition coefficient (Wildman–Crippen LogP) is -0.883. The monoisotopic (exact) mass is 178 g/mol. The number of hydrogen-bond acceptors (Lipinski definition) is 2. The number of halogens is 4. The van der Waals surface area contributed by atoms with Crippen molar-refractivity contribution < 1.29 is 38.6 Å². The van der Waals surface area contributed by atoms with Crippen molar-refractivity contribution in [3.63, 3.8) is 0 Å². The molecule has 0 fully saturated rings. The fraction of sp³-hybridized carbons (Fsp3) is 0. The molecule has 0 amide bonds. The first kappa shape index (κ1) is 48.5. The molecule has 0 saturated carbocycles. The third-order valence-electron chi connectivity index (χ3n) is 0.183. The van der Waals surface area contributed by atoms with Gasteiger partial charge in [-0.05, 0) is 0 Å². The molecule has 68 valence electrons. The van der Waals surface area contributed by atoms with E-state index in [-0.39, 0.29) is 37.7 Å². The van der Waals surface area contributed by atoms with Crippen molar-refractivity contribution in [1.82, 2.24) is 0 Å². The van der Waals surface area contributed by atoms with Gasteiger partial charge in [-0.2, -0.15) is 0 Å². The van der Waals surface area contributed by atoms with Gasteiger partial charge in [-0.15, -0.1) is 0 Å². The molecular formula is C2H7F4LiO4. The Morgan fingerprint density at radius 2 is 0.818 bits per heavy atom. The van der Waals surface area contributed by atoms with E-state index in [2.05, 4.69) is 0 Å². The average Bonchev–Trinajstić information content (AvgIpc) is 1.36. The molecule has 0 saturated heterocycles. The summed E-state index contributed by atoms with van der Waals surface area (Å²) in [6, 6.07) is 0. The number of carbonyl (C=O) groups is 2. The molecule has 0 heterocycles. The summed E-state index contributed by atoms with van der Waals surface area (Å²) in [6.07, 6.45) is 0. The van der Waals surface area contributed by atoms with Gasteiger partial charge in [0.05, 0.1) is 0 Å². The molecule has 11 heavy (non-hydrogen) atoms. The first-order valence-corrected chi connectivity index (χ1v) is 1.11. The third-order valence-corrected chi connectivity index (χ3v) is 0.183. The molecule has 4 nitrogen and oxygen atoms in total. The zero-order chi connectivity index (χ0) is 5.15. The van der Waals surface area contributed by atoms with E-state index in [0.29, 0.717) is 0 Å². The molecule has 2 N–H and O–H groups in total. The van der Waals surface area contributed by atoms with Gasteiger partial charge in [-0.1, -0.05) is 0 Å². The molecule has 9 heteroatoms. The molecule has 0 aliphatic rings. The van der Waals surface area contributed by atoms with Gasteiger partial charge in [0.1, 0.15) is 0 Å².